The van der Waals surface area contributed by atoms with Crippen LogP contribution in [0, 0.1) is 0 Å². The van der Waals surface area contributed by atoms with E-state index in [4.69, 9.17) is 0 Å². The SMILES string of the molecule is CCCCCCCN1C(=O)C(CCC)NC(=O)C1CCC. The maximum atomic E-state index is 12.6. The van der Waals surface area contributed by atoms with Crippen molar-refractivity contribution in [1.82, 2.24) is 10.2 Å². The van der Waals surface area contributed by atoms with Crippen molar-refractivity contribution >= 4 is 11.8 Å². The molecule has 122 valence electrons. The second-order valence-corrected chi connectivity index (χ2v) is 6.10. The molecule has 1 aliphatic rings. The number of carbonyl (C=O) groups is 2. The summed E-state index contributed by atoms with van der Waals surface area (Å²) < 4.78 is 0. The smallest absolute Gasteiger partial charge is 0.245 e. The minimum Gasteiger partial charge on any atom is -0.343 e. The second-order valence-electron chi connectivity index (χ2n) is 6.10. The van der Waals surface area contributed by atoms with E-state index in [-0.39, 0.29) is 23.9 Å². The van der Waals surface area contributed by atoms with E-state index in [1.54, 1.807) is 0 Å². The van der Waals surface area contributed by atoms with Crippen molar-refractivity contribution in [2.45, 2.75) is 90.6 Å². The topological polar surface area (TPSA) is 49.4 Å². The normalized spacial score (nSPS) is 22.5. The van der Waals surface area contributed by atoms with Gasteiger partial charge in [0.15, 0.2) is 0 Å². The van der Waals surface area contributed by atoms with Gasteiger partial charge in [-0.05, 0) is 19.3 Å². The van der Waals surface area contributed by atoms with E-state index in [1.807, 2.05) is 11.8 Å². The maximum Gasteiger partial charge on any atom is 0.245 e. The second kappa shape index (κ2) is 9.80. The van der Waals surface area contributed by atoms with Crippen molar-refractivity contribution in [2.75, 3.05) is 6.54 Å². The van der Waals surface area contributed by atoms with E-state index < -0.39 is 0 Å². The summed E-state index contributed by atoms with van der Waals surface area (Å²) in [6.07, 6.45) is 9.22. The molecule has 0 aromatic rings. The van der Waals surface area contributed by atoms with Gasteiger partial charge in [0.1, 0.15) is 12.1 Å². The molecule has 1 heterocycles. The molecule has 2 atom stereocenters. The van der Waals surface area contributed by atoms with Gasteiger partial charge in [0, 0.05) is 6.54 Å². The Balaban J connectivity index is 2.61. The first kappa shape index (κ1) is 18.0. The monoisotopic (exact) mass is 296 g/mol. The Hall–Kier alpha value is -1.06. The number of hydrogen-bond donors (Lipinski definition) is 1. The van der Waals surface area contributed by atoms with Crippen molar-refractivity contribution in [3.05, 3.63) is 0 Å². The van der Waals surface area contributed by atoms with Gasteiger partial charge in [-0.15, -0.1) is 0 Å². The highest BCUT2D eigenvalue weighted by molar-refractivity contribution is 5.96. The van der Waals surface area contributed by atoms with Crippen LogP contribution >= 0.6 is 0 Å². The average molecular weight is 296 g/mol. The summed E-state index contributed by atoms with van der Waals surface area (Å²) in [5, 5.41) is 2.91. The Morgan fingerprint density at radius 2 is 1.57 bits per heavy atom. The fourth-order valence-electron chi connectivity index (χ4n) is 3.02. The molecule has 1 saturated heterocycles. The molecule has 0 bridgehead atoms. The molecule has 2 amide bonds. The van der Waals surface area contributed by atoms with Crippen LogP contribution in [0.3, 0.4) is 0 Å². The molecule has 1 rings (SSSR count). The third-order valence-electron chi connectivity index (χ3n) is 4.22. The zero-order valence-corrected chi connectivity index (χ0v) is 14.0. The molecule has 0 aromatic heterocycles. The van der Waals surface area contributed by atoms with Gasteiger partial charge < -0.3 is 10.2 Å². The molecule has 1 N–H and O–H groups in total. The molecule has 2 unspecified atom stereocenters. The fraction of sp³-hybridized carbons (Fsp3) is 0.882. The number of hydrogen-bond acceptors (Lipinski definition) is 2. The molecule has 21 heavy (non-hydrogen) atoms. The Kier molecular flexibility index (Phi) is 8.40. The summed E-state index contributed by atoms with van der Waals surface area (Å²) >= 11 is 0. The lowest BCUT2D eigenvalue weighted by molar-refractivity contribution is -0.149. The van der Waals surface area contributed by atoms with Crippen molar-refractivity contribution in [1.29, 1.82) is 0 Å². The van der Waals surface area contributed by atoms with Crippen LogP contribution in [0.2, 0.25) is 0 Å². The number of piperazine rings is 1. The first-order valence-corrected chi connectivity index (χ1v) is 8.76. The molecule has 0 spiro atoms. The van der Waals surface area contributed by atoms with Crippen molar-refractivity contribution in [2.24, 2.45) is 0 Å². The molecule has 0 aromatic carbocycles. The predicted molar refractivity (Wildman–Crippen MR) is 86.0 cm³/mol. The van der Waals surface area contributed by atoms with E-state index >= 15 is 0 Å². The molecule has 1 fully saturated rings. The van der Waals surface area contributed by atoms with Crippen molar-refractivity contribution in [3.63, 3.8) is 0 Å². The van der Waals surface area contributed by atoms with E-state index in [1.165, 1.54) is 19.3 Å². The van der Waals surface area contributed by atoms with Crippen LogP contribution in [-0.4, -0.2) is 35.3 Å². The standard InChI is InChI=1S/C17H32N2O2/c1-4-7-8-9-10-13-19-15(12-6-3)16(20)18-14(11-5-2)17(19)21/h14-15H,4-13H2,1-3H3,(H,18,20). The van der Waals surface area contributed by atoms with Gasteiger partial charge in [-0.2, -0.15) is 0 Å². The third kappa shape index (κ3) is 5.33. The van der Waals surface area contributed by atoms with E-state index in [0.717, 1.165) is 45.1 Å². The molecule has 1 aliphatic heterocycles. The maximum absolute atomic E-state index is 12.6. The van der Waals surface area contributed by atoms with Gasteiger partial charge in [0.05, 0.1) is 0 Å². The van der Waals surface area contributed by atoms with Crippen LogP contribution in [0.25, 0.3) is 0 Å². The molecule has 0 saturated carbocycles. The minimum absolute atomic E-state index is 0.0449. The lowest BCUT2D eigenvalue weighted by Crippen LogP contribution is -2.63. The van der Waals surface area contributed by atoms with E-state index in [0.29, 0.717) is 0 Å². The number of amides is 2. The van der Waals surface area contributed by atoms with Crippen LogP contribution in [-0.2, 0) is 9.59 Å². The van der Waals surface area contributed by atoms with E-state index in [9.17, 15) is 9.59 Å². The molecule has 4 heteroatoms. The number of nitrogens with zero attached hydrogens (tertiary/aromatic N) is 1. The molecule has 0 radical (unpaired) electrons. The summed E-state index contributed by atoms with van der Waals surface area (Å²) in [5.41, 5.74) is 0. The third-order valence-corrected chi connectivity index (χ3v) is 4.22. The Bertz CT molecular complexity index is 331. The number of rotatable bonds is 10. The number of unbranched alkanes of at least 4 members (excludes halogenated alkanes) is 4. The van der Waals surface area contributed by atoms with Gasteiger partial charge >= 0.3 is 0 Å². The van der Waals surface area contributed by atoms with Gasteiger partial charge in [-0.25, -0.2) is 0 Å². The van der Waals surface area contributed by atoms with Crippen molar-refractivity contribution < 1.29 is 9.59 Å². The summed E-state index contributed by atoms with van der Waals surface area (Å²) in [5.74, 6) is 0.175. The lowest BCUT2D eigenvalue weighted by atomic mass is 10.00. The number of nitrogens with one attached hydrogen (secondary N) is 1. The summed E-state index contributed by atoms with van der Waals surface area (Å²) in [6.45, 7) is 7.05. The average Bonchev–Trinajstić information content (AvgIpc) is 2.47. The highest BCUT2D eigenvalue weighted by Crippen LogP contribution is 2.18. The Labute approximate surface area is 129 Å². The molecular formula is C17H32N2O2. The first-order valence-electron chi connectivity index (χ1n) is 8.76. The first-order chi connectivity index (χ1) is 10.2. The Morgan fingerprint density at radius 3 is 2.19 bits per heavy atom. The van der Waals surface area contributed by atoms with Crippen LogP contribution in [0.4, 0.5) is 0 Å². The Morgan fingerprint density at radius 1 is 0.905 bits per heavy atom. The van der Waals surface area contributed by atoms with Crippen LogP contribution in [0.5, 0.6) is 0 Å². The number of carbonyl (C=O) groups excluding carboxylic acids is 2. The highest BCUT2D eigenvalue weighted by Gasteiger charge is 2.38. The van der Waals surface area contributed by atoms with Gasteiger partial charge in [-0.1, -0.05) is 59.3 Å². The highest BCUT2D eigenvalue weighted by atomic mass is 16.2. The van der Waals surface area contributed by atoms with E-state index in [2.05, 4.69) is 19.2 Å². The summed E-state index contributed by atoms with van der Waals surface area (Å²) in [7, 11) is 0. The predicted octanol–water partition coefficient (Wildman–Crippen LogP) is 3.25. The summed E-state index contributed by atoms with van der Waals surface area (Å²) in [6, 6.07) is -0.548. The van der Waals surface area contributed by atoms with Crippen LogP contribution in [0.1, 0.15) is 78.6 Å². The van der Waals surface area contributed by atoms with Crippen LogP contribution < -0.4 is 5.32 Å². The quantitative estimate of drug-likeness (QED) is 0.629. The lowest BCUT2D eigenvalue weighted by Gasteiger charge is -2.39. The van der Waals surface area contributed by atoms with Gasteiger partial charge in [0.25, 0.3) is 0 Å². The van der Waals surface area contributed by atoms with Gasteiger partial charge in [0.2, 0.25) is 11.8 Å². The fourth-order valence-corrected chi connectivity index (χ4v) is 3.02. The largest absolute Gasteiger partial charge is 0.343 e. The summed E-state index contributed by atoms with van der Waals surface area (Å²) in [4.78, 5) is 26.7. The molecule has 4 nitrogen and oxygen atoms in total. The molecule has 0 aliphatic carbocycles. The van der Waals surface area contributed by atoms with Crippen molar-refractivity contribution in [3.8, 4) is 0 Å². The van der Waals surface area contributed by atoms with Gasteiger partial charge in [-0.3, -0.25) is 9.59 Å². The molecular weight excluding hydrogens is 264 g/mol. The zero-order chi connectivity index (χ0) is 15.7. The van der Waals surface area contributed by atoms with Crippen LogP contribution in [0.15, 0.2) is 0 Å². The zero-order valence-electron chi connectivity index (χ0n) is 14.0. The minimum atomic E-state index is -0.300.